The first kappa shape index (κ1) is 18.7. The van der Waals surface area contributed by atoms with Crippen molar-refractivity contribution in [2.24, 2.45) is 28.6 Å². The Kier molecular flexibility index (Phi) is 3.65. The van der Waals surface area contributed by atoms with Crippen LogP contribution in [0.5, 0.6) is 0 Å². The summed E-state index contributed by atoms with van der Waals surface area (Å²) < 4.78 is 12.8. The van der Waals surface area contributed by atoms with Gasteiger partial charge < -0.3 is 9.47 Å². The van der Waals surface area contributed by atoms with Gasteiger partial charge in [0.15, 0.2) is 23.0 Å². The van der Waals surface area contributed by atoms with E-state index in [0.717, 1.165) is 32.1 Å². The fourth-order valence-corrected chi connectivity index (χ4v) is 7.95. The number of hydrogen-bond donors (Lipinski definition) is 0. The van der Waals surface area contributed by atoms with Gasteiger partial charge in [0.2, 0.25) is 0 Å². The van der Waals surface area contributed by atoms with Crippen LogP contribution in [0.15, 0.2) is 23.8 Å². The quantitative estimate of drug-likeness (QED) is 0.673. The summed E-state index contributed by atoms with van der Waals surface area (Å²) in [6, 6.07) is 0. The number of fused-ring (bicyclic) bond motifs is 7. The first-order valence-corrected chi connectivity index (χ1v) is 10.9. The molecule has 3 saturated carbocycles. The molecule has 152 valence electrons. The van der Waals surface area contributed by atoms with Crippen molar-refractivity contribution in [2.45, 2.75) is 84.2 Å². The van der Waals surface area contributed by atoms with E-state index in [1.165, 1.54) is 5.57 Å². The lowest BCUT2D eigenvalue weighted by molar-refractivity contribution is -0.213. The van der Waals surface area contributed by atoms with Crippen molar-refractivity contribution in [1.82, 2.24) is 0 Å². The van der Waals surface area contributed by atoms with Crippen LogP contribution in [0.25, 0.3) is 0 Å². The van der Waals surface area contributed by atoms with Gasteiger partial charge in [0.05, 0.1) is 6.10 Å². The van der Waals surface area contributed by atoms with Crippen LogP contribution in [0.2, 0.25) is 0 Å². The highest BCUT2D eigenvalue weighted by Gasteiger charge is 2.74. The van der Waals surface area contributed by atoms with Crippen LogP contribution in [0.3, 0.4) is 0 Å². The minimum Gasteiger partial charge on any atom is -0.344 e. The Balaban J connectivity index is 1.55. The lowest BCUT2D eigenvalue weighted by atomic mass is 9.47. The van der Waals surface area contributed by atoms with Crippen molar-refractivity contribution in [3.63, 3.8) is 0 Å². The molecule has 5 rings (SSSR count). The van der Waals surface area contributed by atoms with Gasteiger partial charge in [-0.3, -0.25) is 9.59 Å². The maximum Gasteiger partial charge on any atom is 0.178 e. The van der Waals surface area contributed by atoms with E-state index in [4.69, 9.17) is 9.47 Å². The number of Topliss-reactive ketones (excluding diaryl/α,β-unsaturated/α-hetero) is 1. The summed E-state index contributed by atoms with van der Waals surface area (Å²) >= 11 is 0. The molecule has 0 aromatic heterocycles. The zero-order valence-corrected chi connectivity index (χ0v) is 17.7. The first-order valence-electron chi connectivity index (χ1n) is 10.9. The van der Waals surface area contributed by atoms with Gasteiger partial charge in [0.1, 0.15) is 0 Å². The molecule has 4 aliphatic carbocycles. The molecular formula is C24H32O4. The van der Waals surface area contributed by atoms with Crippen LogP contribution in [0, 0.1) is 28.6 Å². The second-order valence-electron chi connectivity index (χ2n) is 10.7. The number of carbonyl (C=O) groups is 2. The molecule has 4 nitrogen and oxygen atoms in total. The molecule has 0 N–H and O–H groups in total. The summed E-state index contributed by atoms with van der Waals surface area (Å²) in [6.45, 7) is 10.2. The average Bonchev–Trinajstić information content (AvgIpc) is 3.02. The Bertz CT molecular complexity index is 822. The van der Waals surface area contributed by atoms with Crippen molar-refractivity contribution in [2.75, 3.05) is 0 Å². The van der Waals surface area contributed by atoms with E-state index in [9.17, 15) is 9.59 Å². The van der Waals surface area contributed by atoms with Gasteiger partial charge >= 0.3 is 0 Å². The van der Waals surface area contributed by atoms with Gasteiger partial charge in [-0.15, -0.1) is 0 Å². The van der Waals surface area contributed by atoms with E-state index >= 15 is 0 Å². The SMILES string of the molecule is CC(=O)C12OC(C)(C)OC1CC1C3CCC4=CC(=O)C=CC4(C)C3CCC12C. The first-order chi connectivity index (χ1) is 13.0. The van der Waals surface area contributed by atoms with E-state index in [0.29, 0.717) is 17.8 Å². The number of rotatable bonds is 1. The molecule has 0 amide bonds. The third kappa shape index (κ3) is 2.09. The number of ether oxygens (including phenoxy) is 2. The van der Waals surface area contributed by atoms with Crippen LogP contribution in [0.1, 0.15) is 66.7 Å². The summed E-state index contributed by atoms with van der Waals surface area (Å²) in [6.07, 6.45) is 10.7. The smallest absolute Gasteiger partial charge is 0.178 e. The maximum absolute atomic E-state index is 13.0. The predicted octanol–water partition coefficient (Wildman–Crippen LogP) is 4.38. The standard InChI is InChI=1S/C24H32O4/c1-14(25)24-20(27-21(2,3)28-24)13-19-17-7-6-15-12-16(26)8-10-22(15,4)18(17)9-11-23(19,24)5/h8,10,12,17-20H,6-7,9,11,13H2,1-5H3. The van der Waals surface area contributed by atoms with E-state index in [-0.39, 0.29) is 28.5 Å². The van der Waals surface area contributed by atoms with Crippen molar-refractivity contribution in [3.05, 3.63) is 23.8 Å². The largest absolute Gasteiger partial charge is 0.344 e. The van der Waals surface area contributed by atoms with Gasteiger partial charge in [0.25, 0.3) is 0 Å². The molecule has 4 heteroatoms. The molecule has 1 heterocycles. The van der Waals surface area contributed by atoms with Crippen molar-refractivity contribution < 1.29 is 19.1 Å². The maximum atomic E-state index is 13.0. The van der Waals surface area contributed by atoms with Crippen LogP contribution in [0.4, 0.5) is 0 Å². The summed E-state index contributed by atoms with van der Waals surface area (Å²) in [7, 11) is 0. The second kappa shape index (κ2) is 5.46. The normalized spacial score (nSPS) is 51.0. The Labute approximate surface area is 167 Å². The second-order valence-corrected chi connectivity index (χ2v) is 10.7. The van der Waals surface area contributed by atoms with Gasteiger partial charge in [-0.05, 0) is 82.8 Å². The van der Waals surface area contributed by atoms with Crippen LogP contribution in [-0.2, 0) is 19.1 Å². The van der Waals surface area contributed by atoms with Gasteiger partial charge in [-0.1, -0.05) is 25.5 Å². The Hall–Kier alpha value is -1.26. The summed E-state index contributed by atoms with van der Waals surface area (Å²) in [5, 5.41) is 0. The molecule has 5 aliphatic rings. The molecule has 7 unspecified atom stereocenters. The van der Waals surface area contributed by atoms with Crippen molar-refractivity contribution in [3.8, 4) is 0 Å². The van der Waals surface area contributed by atoms with Gasteiger partial charge in [-0.2, -0.15) is 0 Å². The van der Waals surface area contributed by atoms with Crippen LogP contribution < -0.4 is 0 Å². The number of ketones is 2. The molecule has 28 heavy (non-hydrogen) atoms. The van der Waals surface area contributed by atoms with Crippen molar-refractivity contribution in [1.29, 1.82) is 0 Å². The minimum atomic E-state index is -0.818. The zero-order chi connectivity index (χ0) is 20.1. The number of carbonyl (C=O) groups excluding carboxylic acids is 2. The fourth-order valence-electron chi connectivity index (χ4n) is 7.95. The molecule has 0 radical (unpaired) electrons. The van der Waals surface area contributed by atoms with E-state index in [1.807, 2.05) is 19.9 Å². The molecule has 1 saturated heterocycles. The van der Waals surface area contributed by atoms with E-state index < -0.39 is 11.4 Å². The van der Waals surface area contributed by atoms with Crippen LogP contribution in [-0.4, -0.2) is 29.1 Å². The number of hydrogen-bond acceptors (Lipinski definition) is 4. The third-order valence-corrected chi connectivity index (χ3v) is 9.07. The molecule has 7 atom stereocenters. The van der Waals surface area contributed by atoms with Crippen LogP contribution >= 0.6 is 0 Å². The Morgan fingerprint density at radius 3 is 2.61 bits per heavy atom. The highest BCUT2D eigenvalue weighted by Crippen LogP contribution is 2.70. The highest BCUT2D eigenvalue weighted by molar-refractivity contribution is 6.01. The molecule has 0 spiro atoms. The van der Waals surface area contributed by atoms with E-state index in [2.05, 4.69) is 19.9 Å². The fraction of sp³-hybridized carbons (Fsp3) is 0.750. The number of allylic oxidation sites excluding steroid dienone is 4. The summed E-state index contributed by atoms with van der Waals surface area (Å²) in [5.74, 6) is 1.02. The molecule has 0 aromatic rings. The highest BCUT2D eigenvalue weighted by atomic mass is 16.8. The van der Waals surface area contributed by atoms with Crippen molar-refractivity contribution >= 4 is 11.6 Å². The van der Waals surface area contributed by atoms with Gasteiger partial charge in [-0.25, -0.2) is 0 Å². The molecule has 1 aliphatic heterocycles. The Morgan fingerprint density at radius 1 is 1.14 bits per heavy atom. The Morgan fingerprint density at radius 2 is 1.89 bits per heavy atom. The lowest BCUT2D eigenvalue weighted by Gasteiger charge is -2.58. The topological polar surface area (TPSA) is 52.6 Å². The molecule has 0 bridgehead atoms. The summed E-state index contributed by atoms with van der Waals surface area (Å²) in [5.41, 5.74) is 0.268. The van der Waals surface area contributed by atoms with Gasteiger partial charge in [0, 0.05) is 10.8 Å². The van der Waals surface area contributed by atoms with E-state index in [1.54, 1.807) is 13.0 Å². The average molecular weight is 385 g/mol. The summed E-state index contributed by atoms with van der Waals surface area (Å²) in [4.78, 5) is 25.0. The lowest BCUT2D eigenvalue weighted by Crippen LogP contribution is -2.59. The minimum absolute atomic E-state index is 0.0276. The third-order valence-electron chi connectivity index (χ3n) is 9.07. The molecule has 4 fully saturated rings. The predicted molar refractivity (Wildman–Crippen MR) is 105 cm³/mol. The molecular weight excluding hydrogens is 352 g/mol. The zero-order valence-electron chi connectivity index (χ0n) is 17.7. The molecule has 0 aromatic carbocycles. The monoisotopic (exact) mass is 384 g/mol.